The van der Waals surface area contributed by atoms with Crippen molar-refractivity contribution in [3.05, 3.63) is 59.7 Å². The molecule has 0 fully saturated rings. The van der Waals surface area contributed by atoms with Gasteiger partial charge < -0.3 is 0 Å². The number of carbonyl (C=O) groups is 1. The van der Waals surface area contributed by atoms with E-state index in [0.717, 1.165) is 10.1 Å². The topological polar surface area (TPSA) is 101 Å². The van der Waals surface area contributed by atoms with Crippen molar-refractivity contribution in [1.82, 2.24) is 10.2 Å². The van der Waals surface area contributed by atoms with Crippen LogP contribution in [0, 0.1) is 6.92 Å². The lowest BCUT2D eigenvalue weighted by Gasteiger charge is -2.13. The van der Waals surface area contributed by atoms with Crippen molar-refractivity contribution >= 4 is 49.8 Å². The second kappa shape index (κ2) is 8.72. The van der Waals surface area contributed by atoms with Crippen LogP contribution in [0.3, 0.4) is 0 Å². The quantitative estimate of drug-likeness (QED) is 0.430. The van der Waals surface area contributed by atoms with E-state index < -0.39 is 10.0 Å². The summed E-state index contributed by atoms with van der Waals surface area (Å²) >= 11 is 2.84. The third-order valence-electron chi connectivity index (χ3n) is 3.77. The lowest BCUT2D eigenvalue weighted by atomic mass is 10.1. The summed E-state index contributed by atoms with van der Waals surface area (Å²) < 4.78 is 28.4. The van der Waals surface area contributed by atoms with Gasteiger partial charge in [-0.3, -0.25) is 14.8 Å². The summed E-state index contributed by atoms with van der Waals surface area (Å²) in [7, 11) is -3.74. The van der Waals surface area contributed by atoms with Crippen molar-refractivity contribution in [2.24, 2.45) is 0 Å². The van der Waals surface area contributed by atoms with Gasteiger partial charge in [-0.05, 0) is 42.5 Å². The summed E-state index contributed by atoms with van der Waals surface area (Å²) in [4.78, 5) is 12.8. The molecule has 3 rings (SSSR count). The van der Waals surface area contributed by atoms with E-state index >= 15 is 0 Å². The lowest BCUT2D eigenvalue weighted by Crippen LogP contribution is -2.17. The zero-order valence-corrected chi connectivity index (χ0v) is 17.6. The Bertz CT molecular complexity index is 1080. The SMILES string of the molecule is CCSc1nnc(NC(=O)c2cccc(NS(=O)(=O)c3ccccc3)c2C)s1. The lowest BCUT2D eigenvalue weighted by molar-refractivity contribution is 0.102. The predicted molar refractivity (Wildman–Crippen MR) is 113 cm³/mol. The highest BCUT2D eigenvalue weighted by Crippen LogP contribution is 2.27. The first-order valence-corrected chi connectivity index (χ1v) is 11.6. The predicted octanol–water partition coefficient (Wildman–Crippen LogP) is 4.01. The molecule has 1 amide bonds. The molecule has 0 bridgehead atoms. The first-order valence-electron chi connectivity index (χ1n) is 8.36. The first kappa shape index (κ1) is 20.3. The highest BCUT2D eigenvalue weighted by atomic mass is 32.2. The number of benzene rings is 2. The number of sulfonamides is 1. The summed E-state index contributed by atoms with van der Waals surface area (Å²) in [5.41, 5.74) is 1.22. The van der Waals surface area contributed by atoms with Gasteiger partial charge in [0.25, 0.3) is 15.9 Å². The maximum atomic E-state index is 12.6. The van der Waals surface area contributed by atoms with E-state index in [0.29, 0.717) is 21.9 Å². The van der Waals surface area contributed by atoms with Crippen molar-refractivity contribution in [2.45, 2.75) is 23.1 Å². The molecule has 146 valence electrons. The molecule has 0 aliphatic heterocycles. The Balaban J connectivity index is 1.81. The molecule has 2 N–H and O–H groups in total. The average Bonchev–Trinajstić information content (AvgIpc) is 3.11. The third kappa shape index (κ3) is 4.70. The Morgan fingerprint density at radius 3 is 2.57 bits per heavy atom. The number of thioether (sulfide) groups is 1. The molecule has 0 saturated carbocycles. The smallest absolute Gasteiger partial charge is 0.261 e. The van der Waals surface area contributed by atoms with E-state index in [1.807, 2.05) is 6.92 Å². The van der Waals surface area contributed by atoms with Crippen molar-refractivity contribution in [1.29, 1.82) is 0 Å². The monoisotopic (exact) mass is 434 g/mol. The van der Waals surface area contributed by atoms with Crippen molar-refractivity contribution < 1.29 is 13.2 Å². The molecule has 10 heteroatoms. The largest absolute Gasteiger partial charge is 0.296 e. The molecule has 28 heavy (non-hydrogen) atoms. The van der Waals surface area contributed by atoms with Gasteiger partial charge in [-0.25, -0.2) is 8.42 Å². The second-order valence-electron chi connectivity index (χ2n) is 5.66. The van der Waals surface area contributed by atoms with Crippen LogP contribution in [0.25, 0.3) is 0 Å². The van der Waals surface area contributed by atoms with Crippen molar-refractivity contribution in [2.75, 3.05) is 15.8 Å². The van der Waals surface area contributed by atoms with E-state index in [4.69, 9.17) is 0 Å². The maximum absolute atomic E-state index is 12.6. The van der Waals surface area contributed by atoms with Crippen LogP contribution in [-0.4, -0.2) is 30.3 Å². The minimum Gasteiger partial charge on any atom is -0.296 e. The standard InChI is InChI=1S/C18H18N4O3S3/c1-3-26-18-21-20-17(27-18)19-16(23)14-10-7-11-15(12(14)2)22-28(24,25)13-8-5-4-6-9-13/h4-11,22H,3H2,1-2H3,(H,19,20,23). The highest BCUT2D eigenvalue weighted by molar-refractivity contribution is 8.01. The van der Waals surface area contributed by atoms with Crippen LogP contribution in [0.5, 0.6) is 0 Å². The summed E-state index contributed by atoms with van der Waals surface area (Å²) in [6, 6.07) is 12.9. The Labute approximate surface area is 171 Å². The number of amides is 1. The second-order valence-corrected chi connectivity index (χ2v) is 9.83. The zero-order valence-electron chi connectivity index (χ0n) is 15.2. The van der Waals surface area contributed by atoms with Gasteiger partial charge in [0.2, 0.25) is 5.13 Å². The highest BCUT2D eigenvalue weighted by Gasteiger charge is 2.18. The molecule has 3 aromatic rings. The number of nitrogens with one attached hydrogen (secondary N) is 2. The molecular weight excluding hydrogens is 416 g/mol. The molecule has 0 aliphatic carbocycles. The van der Waals surface area contributed by atoms with Crippen molar-refractivity contribution in [3.63, 3.8) is 0 Å². The zero-order chi connectivity index (χ0) is 20.1. The molecule has 0 aliphatic rings. The Morgan fingerprint density at radius 1 is 1.11 bits per heavy atom. The van der Waals surface area contributed by atoms with Gasteiger partial charge in [-0.2, -0.15) is 0 Å². The molecule has 0 saturated heterocycles. The van der Waals surface area contributed by atoms with Gasteiger partial charge in [-0.15, -0.1) is 10.2 Å². The number of anilines is 2. The number of aromatic nitrogens is 2. The normalized spacial score (nSPS) is 11.2. The number of rotatable bonds is 7. The fraction of sp³-hybridized carbons (Fsp3) is 0.167. The molecule has 1 aromatic heterocycles. The minimum absolute atomic E-state index is 0.152. The summed E-state index contributed by atoms with van der Waals surface area (Å²) in [5, 5.41) is 11.1. The Kier molecular flexibility index (Phi) is 6.32. The molecule has 1 heterocycles. The number of hydrogen-bond donors (Lipinski definition) is 2. The molecule has 0 spiro atoms. The number of nitrogens with zero attached hydrogens (tertiary/aromatic N) is 2. The van der Waals surface area contributed by atoms with E-state index in [9.17, 15) is 13.2 Å². The van der Waals surface area contributed by atoms with E-state index in [-0.39, 0.29) is 10.8 Å². The van der Waals surface area contributed by atoms with Crippen LogP contribution in [-0.2, 0) is 10.0 Å². The summed E-state index contributed by atoms with van der Waals surface area (Å²) in [5.74, 6) is 0.494. The maximum Gasteiger partial charge on any atom is 0.261 e. The van der Waals surface area contributed by atoms with Gasteiger partial charge in [-0.1, -0.05) is 54.3 Å². The van der Waals surface area contributed by atoms with Gasteiger partial charge >= 0.3 is 0 Å². The average molecular weight is 435 g/mol. The third-order valence-corrected chi connectivity index (χ3v) is 7.01. The van der Waals surface area contributed by atoms with Crippen LogP contribution < -0.4 is 10.0 Å². The minimum atomic E-state index is -3.74. The van der Waals surface area contributed by atoms with Crippen LogP contribution in [0.4, 0.5) is 10.8 Å². The van der Waals surface area contributed by atoms with E-state index in [1.54, 1.807) is 55.1 Å². The molecule has 0 radical (unpaired) electrons. The number of carbonyl (C=O) groups excluding carboxylic acids is 1. The Morgan fingerprint density at radius 2 is 1.86 bits per heavy atom. The Hall–Kier alpha value is -2.43. The first-order chi connectivity index (χ1) is 13.4. The van der Waals surface area contributed by atoms with Crippen LogP contribution in [0.15, 0.2) is 57.8 Å². The van der Waals surface area contributed by atoms with Gasteiger partial charge in [0.05, 0.1) is 10.6 Å². The fourth-order valence-corrected chi connectivity index (χ4v) is 5.19. The summed E-state index contributed by atoms with van der Waals surface area (Å²) in [6.07, 6.45) is 0. The van der Waals surface area contributed by atoms with Crippen LogP contribution in [0.2, 0.25) is 0 Å². The number of hydrogen-bond acceptors (Lipinski definition) is 7. The van der Waals surface area contributed by atoms with Crippen molar-refractivity contribution in [3.8, 4) is 0 Å². The molecule has 0 atom stereocenters. The molecule has 7 nitrogen and oxygen atoms in total. The fourth-order valence-electron chi connectivity index (χ4n) is 2.40. The molecule has 0 unspecified atom stereocenters. The van der Waals surface area contributed by atoms with E-state index in [2.05, 4.69) is 20.2 Å². The van der Waals surface area contributed by atoms with Crippen LogP contribution >= 0.6 is 23.1 Å². The molecular formula is C18H18N4O3S3. The molecule has 2 aromatic carbocycles. The van der Waals surface area contributed by atoms with Gasteiger partial charge in [0.1, 0.15) is 0 Å². The van der Waals surface area contributed by atoms with E-state index in [1.165, 1.54) is 23.5 Å². The van der Waals surface area contributed by atoms with Gasteiger partial charge in [0.15, 0.2) is 4.34 Å². The van der Waals surface area contributed by atoms with Crippen LogP contribution in [0.1, 0.15) is 22.8 Å². The summed E-state index contributed by atoms with van der Waals surface area (Å²) in [6.45, 7) is 3.70. The van der Waals surface area contributed by atoms with Gasteiger partial charge in [0, 0.05) is 5.56 Å².